The van der Waals surface area contributed by atoms with Crippen molar-refractivity contribution in [2.45, 2.75) is 78.6 Å². The Morgan fingerprint density at radius 2 is 0.846 bits per heavy atom. The van der Waals surface area contributed by atoms with Crippen LogP contribution in [0.15, 0.2) is 267 Å². The molecule has 6 nitrogen and oxygen atoms in total. The van der Waals surface area contributed by atoms with Crippen LogP contribution in [0.4, 0.5) is 0 Å². The Morgan fingerprint density at radius 1 is 0.352 bits per heavy atom. The van der Waals surface area contributed by atoms with Crippen LogP contribution >= 0.6 is 0 Å². The van der Waals surface area contributed by atoms with E-state index in [0.29, 0.717) is 37.7 Å². The molecule has 15 aromatic rings. The van der Waals surface area contributed by atoms with E-state index in [9.17, 15) is 11.0 Å². The van der Waals surface area contributed by atoms with Gasteiger partial charge in [0.15, 0.2) is 0 Å². The van der Waals surface area contributed by atoms with Gasteiger partial charge in [0.25, 0.3) is 0 Å². The van der Waals surface area contributed by atoms with Crippen molar-refractivity contribution in [2.75, 3.05) is 0 Å². The number of pyridine rings is 1. The van der Waals surface area contributed by atoms with Crippen molar-refractivity contribution in [1.82, 2.24) is 23.3 Å². The predicted molar refractivity (Wildman–Crippen MR) is 377 cm³/mol. The molecule has 0 bridgehead atoms. The predicted octanol–water partition coefficient (Wildman–Crippen LogP) is 22.4. The quantitative estimate of drug-likeness (QED) is 0.137. The van der Waals surface area contributed by atoms with Crippen LogP contribution in [0.25, 0.3) is 122 Å². The summed E-state index contributed by atoms with van der Waals surface area (Å²) in [5, 5.41) is 3.90. The van der Waals surface area contributed by atoms with E-state index in [1.807, 2.05) is 100 Å². The van der Waals surface area contributed by atoms with Gasteiger partial charge in [-0.3, -0.25) is 0 Å². The van der Waals surface area contributed by atoms with Gasteiger partial charge in [-0.15, -0.1) is 0 Å². The van der Waals surface area contributed by atoms with Crippen LogP contribution < -0.4 is 4.74 Å². The molecule has 0 saturated carbocycles. The van der Waals surface area contributed by atoms with E-state index in [1.165, 1.54) is 11.1 Å². The van der Waals surface area contributed by atoms with Crippen molar-refractivity contribution in [1.29, 1.82) is 0 Å². The number of imidazole rings is 1. The first-order valence-electron chi connectivity index (χ1n) is 35.7. The standard InChI is InChI=1S/C84H71N5O.Pt/c1-82(2,3)61-37-31-55(32-38-61)59-35-43-75-72(47-59)73-48-60(56-33-39-62(40-34-56)83(4,5)6)36-44-76(73)88(75)65-51-70(57-21-12-10-13-22-57)81(71(52-65)58-23-14-11-15-24-58)87-54-86(77-29-18-19-30-78(77)87)64-25-20-26-66(50-64)90-67-41-42-69-68-27-16-17-28-74(68)89(79(69)53-67)80-49-63(45-46-85-80)84(7,8)9;/h10-53H,1-9H3;/i10D,11D,12D,13D,14D,15D,21D,22D,23D,24D;. The van der Waals surface area contributed by atoms with Crippen LogP contribution in [-0.2, 0) is 35.6 Å². The molecule has 11 aromatic carbocycles. The van der Waals surface area contributed by atoms with Crippen molar-refractivity contribution in [2.24, 2.45) is 0 Å². The number of para-hydroxylation sites is 3. The zero-order chi connectivity index (χ0) is 71.2. The van der Waals surface area contributed by atoms with Crippen molar-refractivity contribution in [3.05, 3.63) is 287 Å². The summed E-state index contributed by atoms with van der Waals surface area (Å²) in [6.45, 7) is 19.7. The zero-order valence-electron chi connectivity index (χ0n) is 62.1. The molecule has 0 aliphatic carbocycles. The second kappa shape index (κ2) is 22.3. The topological polar surface area (TPSA) is 41.8 Å². The Bertz CT molecular complexity index is 5760. The molecule has 448 valence electrons. The van der Waals surface area contributed by atoms with Gasteiger partial charge in [0.05, 0.1) is 0 Å². The molecule has 0 fully saturated rings. The molecule has 4 aromatic heterocycles. The van der Waals surface area contributed by atoms with Crippen LogP contribution in [0.5, 0.6) is 11.5 Å². The number of hydrogen-bond donors (Lipinski definition) is 0. The average Bonchev–Trinajstić information content (AvgIpc) is 1.62. The number of fused-ring (bicyclic) bond motifs is 7. The monoisotopic (exact) mass is 1370 g/mol. The Labute approximate surface area is 557 Å². The van der Waals surface area contributed by atoms with Gasteiger partial charge in [0.2, 0.25) is 0 Å². The Hall–Kier alpha value is -9.87. The minimum atomic E-state index is -0.589. The molecular weight excluding hydrogens is 1290 g/mol. The summed E-state index contributed by atoms with van der Waals surface area (Å²) in [4.78, 5) is 4.90. The summed E-state index contributed by atoms with van der Waals surface area (Å²) >= 11 is 2.23. The molecule has 91 heavy (non-hydrogen) atoms. The second-order valence-corrected chi connectivity index (χ2v) is 27.5. The SMILES string of the molecule is [2H]c1c([2H])c([2H])c(-c2cc(-n3c4ccc(-c5ccc(C(C)(C)C)cc5)cc4c4cc(-c5ccc(C(C)(C)C)cc5)ccc43)cc(-c3c([2H])c([2H])c([2H])c([2H])c3[2H])c2-n2[c](=[Pt])n(-c3cccc(Oc4ccc5c6ccccc6n(-c6cc(C(C)(C)C)ccn6)c5c4)c3)c3ccccc32)c([2H])c1[2H]. The summed E-state index contributed by atoms with van der Waals surface area (Å²) in [5.74, 6) is 1.89. The van der Waals surface area contributed by atoms with E-state index >= 15 is 0 Å². The minimum absolute atomic E-state index is 0.0629. The Balaban J connectivity index is 0.983. The van der Waals surface area contributed by atoms with Crippen LogP contribution in [-0.4, -0.2) is 23.3 Å². The van der Waals surface area contributed by atoms with Crippen molar-refractivity contribution in [3.8, 4) is 78.9 Å². The van der Waals surface area contributed by atoms with E-state index in [4.69, 9.17) is 12.5 Å². The van der Waals surface area contributed by atoms with Gasteiger partial charge in [-0.25, -0.2) is 0 Å². The van der Waals surface area contributed by atoms with Gasteiger partial charge >= 0.3 is 392 Å². The van der Waals surface area contributed by atoms with Crippen LogP contribution in [0, 0.1) is 3.80 Å². The fraction of sp³-hybridized carbons (Fsp3) is 0.143. The number of nitrogens with zero attached hydrogens (tertiary/aromatic N) is 5. The molecule has 0 aliphatic heterocycles. The molecule has 0 atom stereocenters. The summed E-state index contributed by atoms with van der Waals surface area (Å²) in [5.41, 5.74) is 13.3. The third-order valence-electron chi connectivity index (χ3n) is 17.6. The maximum atomic E-state index is 9.86. The van der Waals surface area contributed by atoms with Crippen molar-refractivity contribution >= 4 is 54.6 Å². The number of rotatable bonds is 10. The molecule has 0 radical (unpaired) electrons. The Morgan fingerprint density at radius 3 is 1.41 bits per heavy atom. The first-order chi connectivity index (χ1) is 48.1. The van der Waals surface area contributed by atoms with Gasteiger partial charge in [-0.1, -0.05) is 123 Å². The van der Waals surface area contributed by atoms with Crippen LogP contribution in [0.1, 0.15) is 92.7 Å². The van der Waals surface area contributed by atoms with Gasteiger partial charge < -0.3 is 0 Å². The summed E-state index contributed by atoms with van der Waals surface area (Å²) in [6, 6.07) is 62.0. The normalized spacial score (nSPS) is 13.8. The first kappa shape index (κ1) is 47.1. The molecule has 0 amide bonds. The molecule has 0 saturated heterocycles. The molecule has 7 heteroatoms. The van der Waals surface area contributed by atoms with Crippen molar-refractivity contribution < 1.29 is 37.8 Å². The van der Waals surface area contributed by atoms with Gasteiger partial charge in [-0.05, 0) is 39.0 Å². The van der Waals surface area contributed by atoms with Crippen molar-refractivity contribution in [3.63, 3.8) is 0 Å². The number of ether oxygens (including phenoxy) is 1. The summed E-state index contributed by atoms with van der Waals surface area (Å²) < 4.78 is 110. The van der Waals surface area contributed by atoms with Crippen LogP contribution in [0.3, 0.4) is 0 Å². The molecule has 0 unspecified atom stereocenters. The molecule has 0 spiro atoms. The molecule has 0 aliphatic rings. The molecule has 15 rings (SSSR count). The van der Waals surface area contributed by atoms with E-state index in [-0.39, 0.29) is 44.2 Å². The zero-order valence-corrected chi connectivity index (χ0v) is 54.4. The van der Waals surface area contributed by atoms with E-state index in [0.717, 1.165) is 77.2 Å². The number of aromatic nitrogens is 5. The van der Waals surface area contributed by atoms with Gasteiger partial charge in [0, 0.05) is 6.20 Å². The maximum absolute atomic E-state index is 9.86. The second-order valence-electron chi connectivity index (χ2n) is 26.5. The number of benzene rings is 11. The van der Waals surface area contributed by atoms with E-state index < -0.39 is 60.4 Å². The first-order valence-corrected chi connectivity index (χ1v) is 31.8. The fourth-order valence-electron chi connectivity index (χ4n) is 12.8. The Kier molecular flexibility index (Phi) is 11.5. The fourth-order valence-corrected chi connectivity index (χ4v) is 13.9. The summed E-state index contributed by atoms with van der Waals surface area (Å²) in [6.07, 6.45) is 1.86. The average molecular weight is 1370 g/mol. The number of hydrogen-bond acceptors (Lipinski definition) is 2. The molecular formula is C84H71N5OPt. The third kappa shape index (κ3) is 10.4. The molecule has 0 N–H and O–H groups in total. The van der Waals surface area contributed by atoms with E-state index in [1.54, 1.807) is 0 Å². The van der Waals surface area contributed by atoms with Gasteiger partial charge in [0.1, 0.15) is 0 Å². The van der Waals surface area contributed by atoms with E-state index in [2.05, 4.69) is 206 Å². The summed E-state index contributed by atoms with van der Waals surface area (Å²) in [7, 11) is 0. The van der Waals surface area contributed by atoms with Gasteiger partial charge in [-0.2, -0.15) is 0 Å². The molecule has 4 heterocycles. The third-order valence-corrected chi connectivity index (χ3v) is 18.6. The van der Waals surface area contributed by atoms with Crippen LogP contribution in [0.2, 0.25) is 0 Å².